The molecule has 3 heteroatoms. The van der Waals surface area contributed by atoms with Gasteiger partial charge >= 0.3 is 0 Å². The molecule has 0 aromatic heterocycles. The Balaban J connectivity index is 1.88. The van der Waals surface area contributed by atoms with Crippen molar-refractivity contribution in [1.29, 1.82) is 0 Å². The smallest absolute Gasteiger partial charge is 0.0557 e. The number of rotatable bonds is 3. The van der Waals surface area contributed by atoms with Crippen molar-refractivity contribution in [2.75, 3.05) is 39.4 Å². The number of nitrogens with one attached hydrogen (secondary N) is 1. The van der Waals surface area contributed by atoms with Gasteiger partial charge < -0.3 is 10.1 Å². The SMILES string of the molecule is CCC1(CN2CCNC[C@H]2C)COC1. The largest absolute Gasteiger partial charge is 0.380 e. The summed E-state index contributed by atoms with van der Waals surface area (Å²) in [7, 11) is 0. The quantitative estimate of drug-likeness (QED) is 0.723. The Morgan fingerprint density at radius 1 is 1.50 bits per heavy atom. The Hall–Kier alpha value is -0.120. The first kappa shape index (κ1) is 10.4. The Labute approximate surface area is 86.8 Å². The molecule has 2 fully saturated rings. The lowest BCUT2D eigenvalue weighted by Gasteiger charge is -2.46. The zero-order valence-electron chi connectivity index (χ0n) is 9.38. The van der Waals surface area contributed by atoms with Crippen LogP contribution in [0, 0.1) is 5.41 Å². The highest BCUT2D eigenvalue weighted by Crippen LogP contribution is 2.32. The van der Waals surface area contributed by atoms with Crippen molar-refractivity contribution in [2.24, 2.45) is 5.41 Å². The molecule has 3 nitrogen and oxygen atoms in total. The molecule has 0 unspecified atom stereocenters. The highest BCUT2D eigenvalue weighted by Gasteiger charge is 2.39. The Bertz CT molecular complexity index is 186. The third-order valence-electron chi connectivity index (χ3n) is 3.74. The minimum absolute atomic E-state index is 0.478. The van der Waals surface area contributed by atoms with Gasteiger partial charge in [-0.2, -0.15) is 0 Å². The number of hydrogen-bond donors (Lipinski definition) is 1. The Morgan fingerprint density at radius 2 is 2.29 bits per heavy atom. The van der Waals surface area contributed by atoms with E-state index in [1.54, 1.807) is 0 Å². The molecule has 1 atom stereocenters. The van der Waals surface area contributed by atoms with Crippen LogP contribution < -0.4 is 5.32 Å². The Morgan fingerprint density at radius 3 is 2.79 bits per heavy atom. The van der Waals surface area contributed by atoms with Crippen LogP contribution in [0.25, 0.3) is 0 Å². The monoisotopic (exact) mass is 198 g/mol. The average molecular weight is 198 g/mol. The van der Waals surface area contributed by atoms with Gasteiger partial charge in [0.25, 0.3) is 0 Å². The molecule has 0 aliphatic carbocycles. The fourth-order valence-electron chi connectivity index (χ4n) is 2.35. The van der Waals surface area contributed by atoms with Crippen LogP contribution >= 0.6 is 0 Å². The normalized spacial score (nSPS) is 32.6. The highest BCUT2D eigenvalue weighted by atomic mass is 16.5. The maximum Gasteiger partial charge on any atom is 0.0557 e. The molecule has 1 N–H and O–H groups in total. The fourth-order valence-corrected chi connectivity index (χ4v) is 2.35. The van der Waals surface area contributed by atoms with Crippen LogP contribution in [0.5, 0.6) is 0 Å². The third kappa shape index (κ3) is 1.95. The predicted molar refractivity (Wildman–Crippen MR) is 57.4 cm³/mol. The van der Waals surface area contributed by atoms with Gasteiger partial charge in [0.15, 0.2) is 0 Å². The molecule has 0 radical (unpaired) electrons. The molecule has 2 rings (SSSR count). The van der Waals surface area contributed by atoms with Gasteiger partial charge in [0.2, 0.25) is 0 Å². The Kier molecular flexibility index (Phi) is 3.10. The van der Waals surface area contributed by atoms with Crippen molar-refractivity contribution in [2.45, 2.75) is 26.3 Å². The van der Waals surface area contributed by atoms with Gasteiger partial charge in [-0.25, -0.2) is 0 Å². The summed E-state index contributed by atoms with van der Waals surface area (Å²) < 4.78 is 5.36. The summed E-state index contributed by atoms with van der Waals surface area (Å²) in [4.78, 5) is 2.61. The van der Waals surface area contributed by atoms with Gasteiger partial charge in [-0.05, 0) is 13.3 Å². The maximum absolute atomic E-state index is 5.36. The van der Waals surface area contributed by atoms with E-state index in [-0.39, 0.29) is 0 Å². The van der Waals surface area contributed by atoms with Crippen LogP contribution in [0.3, 0.4) is 0 Å². The first-order valence-corrected chi connectivity index (χ1v) is 5.78. The molecule has 0 saturated carbocycles. The van der Waals surface area contributed by atoms with Crippen molar-refractivity contribution in [3.05, 3.63) is 0 Å². The van der Waals surface area contributed by atoms with E-state index in [4.69, 9.17) is 4.74 Å². The van der Waals surface area contributed by atoms with Crippen molar-refractivity contribution >= 4 is 0 Å². The summed E-state index contributed by atoms with van der Waals surface area (Å²) in [6.45, 7) is 11.3. The number of hydrogen-bond acceptors (Lipinski definition) is 3. The molecule has 2 aliphatic rings. The zero-order chi connectivity index (χ0) is 10.0. The minimum atomic E-state index is 0.478. The van der Waals surface area contributed by atoms with Crippen LogP contribution in [0.4, 0.5) is 0 Å². The van der Waals surface area contributed by atoms with E-state index < -0.39 is 0 Å². The summed E-state index contributed by atoms with van der Waals surface area (Å²) in [5, 5.41) is 3.43. The molecule has 0 aromatic carbocycles. The van der Waals surface area contributed by atoms with Gasteiger partial charge in [-0.3, -0.25) is 4.90 Å². The van der Waals surface area contributed by atoms with Crippen molar-refractivity contribution < 1.29 is 4.74 Å². The lowest BCUT2D eigenvalue weighted by molar-refractivity contribution is -0.132. The minimum Gasteiger partial charge on any atom is -0.380 e. The van der Waals surface area contributed by atoms with E-state index in [1.807, 2.05) is 0 Å². The molecule has 14 heavy (non-hydrogen) atoms. The molecular weight excluding hydrogens is 176 g/mol. The van der Waals surface area contributed by atoms with Gasteiger partial charge in [0.05, 0.1) is 13.2 Å². The molecule has 0 spiro atoms. The van der Waals surface area contributed by atoms with E-state index in [9.17, 15) is 0 Å². The molecule has 0 aromatic rings. The molecular formula is C11H22N2O. The lowest BCUT2D eigenvalue weighted by Crippen LogP contribution is -2.57. The highest BCUT2D eigenvalue weighted by molar-refractivity contribution is 4.90. The van der Waals surface area contributed by atoms with E-state index in [0.29, 0.717) is 11.5 Å². The van der Waals surface area contributed by atoms with Gasteiger partial charge in [0.1, 0.15) is 0 Å². The second-order valence-electron chi connectivity index (χ2n) is 4.87. The summed E-state index contributed by atoms with van der Waals surface area (Å²) in [5.41, 5.74) is 0.478. The number of ether oxygens (including phenoxy) is 1. The van der Waals surface area contributed by atoms with Crippen LogP contribution in [0.15, 0.2) is 0 Å². The number of piperazine rings is 1. The molecule has 2 heterocycles. The molecule has 0 amide bonds. The molecule has 0 bridgehead atoms. The third-order valence-corrected chi connectivity index (χ3v) is 3.74. The summed E-state index contributed by atoms with van der Waals surface area (Å²) in [6.07, 6.45) is 1.25. The molecule has 2 saturated heterocycles. The van der Waals surface area contributed by atoms with Crippen LogP contribution in [-0.4, -0.2) is 50.3 Å². The van der Waals surface area contributed by atoms with E-state index in [2.05, 4.69) is 24.1 Å². The summed E-state index contributed by atoms with van der Waals surface area (Å²) in [6, 6.07) is 0.688. The second-order valence-corrected chi connectivity index (χ2v) is 4.87. The summed E-state index contributed by atoms with van der Waals surface area (Å²) >= 11 is 0. The average Bonchev–Trinajstić information content (AvgIpc) is 2.14. The first-order valence-electron chi connectivity index (χ1n) is 5.78. The standard InChI is InChI=1S/C11H22N2O/c1-3-11(8-14-9-11)7-13-5-4-12-6-10(13)2/h10,12H,3-9H2,1-2H3/t10-/m1/s1. The van der Waals surface area contributed by atoms with Crippen molar-refractivity contribution in [3.63, 3.8) is 0 Å². The predicted octanol–water partition coefficient (Wildman–Crippen LogP) is 0.707. The van der Waals surface area contributed by atoms with Gasteiger partial charge in [-0.1, -0.05) is 6.92 Å². The van der Waals surface area contributed by atoms with E-state index in [1.165, 1.54) is 19.5 Å². The topological polar surface area (TPSA) is 24.5 Å². The summed E-state index contributed by atoms with van der Waals surface area (Å²) in [5.74, 6) is 0. The lowest BCUT2D eigenvalue weighted by atomic mass is 9.82. The van der Waals surface area contributed by atoms with Crippen LogP contribution in [-0.2, 0) is 4.74 Å². The van der Waals surface area contributed by atoms with Crippen molar-refractivity contribution in [1.82, 2.24) is 10.2 Å². The van der Waals surface area contributed by atoms with Crippen molar-refractivity contribution in [3.8, 4) is 0 Å². The van der Waals surface area contributed by atoms with E-state index >= 15 is 0 Å². The molecule has 82 valence electrons. The fraction of sp³-hybridized carbons (Fsp3) is 1.00. The van der Waals surface area contributed by atoms with Crippen LogP contribution in [0.2, 0.25) is 0 Å². The van der Waals surface area contributed by atoms with E-state index in [0.717, 1.165) is 26.3 Å². The zero-order valence-corrected chi connectivity index (χ0v) is 9.38. The van der Waals surface area contributed by atoms with Gasteiger partial charge in [-0.15, -0.1) is 0 Å². The van der Waals surface area contributed by atoms with Gasteiger partial charge in [0, 0.05) is 37.6 Å². The molecule has 2 aliphatic heterocycles. The number of nitrogens with zero attached hydrogens (tertiary/aromatic N) is 1. The maximum atomic E-state index is 5.36. The first-order chi connectivity index (χ1) is 6.76. The second kappa shape index (κ2) is 4.17. The van der Waals surface area contributed by atoms with Crippen LogP contribution in [0.1, 0.15) is 20.3 Å².